The number of nitrogens with one attached hydrogen (secondary N) is 1. The maximum absolute atomic E-state index is 13.9. The summed E-state index contributed by atoms with van der Waals surface area (Å²) in [6.07, 6.45) is -0.930. The van der Waals surface area contributed by atoms with Gasteiger partial charge in [0.2, 0.25) is 10.0 Å². The zero-order valence-corrected chi connectivity index (χ0v) is 26.4. The van der Waals surface area contributed by atoms with Crippen molar-refractivity contribution in [1.29, 1.82) is 0 Å². The average molecular weight is 635 g/mol. The highest BCUT2D eigenvalue weighted by Crippen LogP contribution is 2.39. The number of hydrogen-bond donors (Lipinski definition) is 3. The lowest BCUT2D eigenvalue weighted by Gasteiger charge is -2.31. The van der Waals surface area contributed by atoms with E-state index >= 15 is 0 Å². The number of likely N-dealkylation sites (N-methyl/N-ethyl adjacent to an activating group) is 1. The minimum Gasteiger partial charge on any atom is -0.481 e. The molecule has 0 fully saturated rings. The third kappa shape index (κ3) is 8.38. The molecule has 2 aromatic carbocycles. The van der Waals surface area contributed by atoms with Gasteiger partial charge in [-0.1, -0.05) is 35.9 Å². The molecule has 0 saturated carbocycles. The second kappa shape index (κ2) is 13.2. The van der Waals surface area contributed by atoms with Gasteiger partial charge >= 0.3 is 12.1 Å². The molecule has 3 N–H and O–H groups in total. The first-order valence-electron chi connectivity index (χ1n) is 14.7. The van der Waals surface area contributed by atoms with Crippen molar-refractivity contribution >= 4 is 21.6 Å². The van der Waals surface area contributed by atoms with E-state index in [1.54, 1.807) is 13.0 Å². The van der Waals surface area contributed by atoms with Crippen LogP contribution in [0.15, 0.2) is 64.6 Å². The smallest absolute Gasteiger partial charge is 0.416 e. The second-order valence-electron chi connectivity index (χ2n) is 12.7. The largest absolute Gasteiger partial charge is 0.481 e. The summed E-state index contributed by atoms with van der Waals surface area (Å²) in [5, 5.41) is 23.1. The van der Waals surface area contributed by atoms with Gasteiger partial charge in [-0.25, -0.2) is 8.42 Å². The average Bonchev–Trinajstić information content (AvgIpc) is 3.51. The van der Waals surface area contributed by atoms with Gasteiger partial charge < -0.3 is 15.5 Å². The summed E-state index contributed by atoms with van der Waals surface area (Å²) in [4.78, 5) is 10.5. The number of sulfonamides is 1. The minimum absolute atomic E-state index is 0.108. The van der Waals surface area contributed by atoms with Gasteiger partial charge in [0.05, 0.1) is 16.6 Å². The van der Waals surface area contributed by atoms with E-state index in [1.165, 1.54) is 24.2 Å². The number of aliphatic hydroxyl groups excluding tert-OH is 1. The maximum atomic E-state index is 13.9. The summed E-state index contributed by atoms with van der Waals surface area (Å²) >= 11 is 0. The van der Waals surface area contributed by atoms with Gasteiger partial charge in [0.15, 0.2) is 0 Å². The van der Waals surface area contributed by atoms with Gasteiger partial charge in [-0.15, -0.1) is 0 Å². The van der Waals surface area contributed by atoms with E-state index < -0.39 is 38.7 Å². The first kappa shape index (κ1) is 33.9. The van der Waals surface area contributed by atoms with Crippen LogP contribution in [0.4, 0.5) is 13.2 Å². The first-order valence-corrected chi connectivity index (χ1v) is 16.2. The molecule has 7 nitrogen and oxygen atoms in total. The number of hydrogen-bond acceptors (Lipinski definition) is 5. The quantitative estimate of drug-likeness (QED) is 0.256. The molecule has 0 saturated heterocycles. The Balaban J connectivity index is 1.43. The number of halogens is 3. The Morgan fingerprint density at radius 1 is 1.11 bits per heavy atom. The van der Waals surface area contributed by atoms with Gasteiger partial charge in [0.25, 0.3) is 0 Å². The minimum atomic E-state index is -4.79. The van der Waals surface area contributed by atoms with E-state index in [-0.39, 0.29) is 43.5 Å². The third-order valence-electron chi connectivity index (χ3n) is 8.47. The van der Waals surface area contributed by atoms with Crippen molar-refractivity contribution < 1.29 is 36.6 Å². The maximum Gasteiger partial charge on any atom is 0.416 e. The number of aliphatic hydroxyl groups is 1. The van der Waals surface area contributed by atoms with E-state index in [9.17, 15) is 31.5 Å². The molecule has 11 heteroatoms. The third-order valence-corrected chi connectivity index (χ3v) is 10.3. The molecule has 0 unspecified atom stereocenters. The molecule has 0 aromatic heterocycles. The molecule has 2 aliphatic rings. The molecule has 0 bridgehead atoms. The number of nitrogens with zero attached hydrogens (tertiary/aromatic N) is 1. The normalized spacial score (nSPS) is 16.9. The van der Waals surface area contributed by atoms with Gasteiger partial charge in [-0.05, 0) is 105 Å². The van der Waals surface area contributed by atoms with E-state index in [4.69, 9.17) is 5.11 Å². The fourth-order valence-corrected chi connectivity index (χ4v) is 7.56. The molecule has 44 heavy (non-hydrogen) atoms. The Hall–Kier alpha value is -2.99. The van der Waals surface area contributed by atoms with Crippen molar-refractivity contribution in [3.8, 4) is 0 Å². The van der Waals surface area contributed by atoms with Crippen molar-refractivity contribution in [1.82, 2.24) is 9.62 Å². The van der Waals surface area contributed by atoms with Crippen LogP contribution < -0.4 is 5.32 Å². The molecule has 0 heterocycles. The standard InChI is InChI=1S/C33H41F3N2O5S/c1-21-11-22(9-10-31(40)41)14-30(21)26-15-27(33(34,35)36)17-29(16-26)44(42,43)38(4)20-28(39)19-37-32(2,3)18-23-12-24-7-5-6-8-25(24)13-23/h5-8,11,15-17,23,28,37,39H,9-10,12-14,18-20H2,1-4H3,(H,40,41)/t28-/m0/s1. The summed E-state index contributed by atoms with van der Waals surface area (Å²) < 4.78 is 69.6. The van der Waals surface area contributed by atoms with Gasteiger partial charge in [-0.2, -0.15) is 17.5 Å². The summed E-state index contributed by atoms with van der Waals surface area (Å²) in [6.45, 7) is 5.58. The number of carboxylic acids is 1. The number of rotatable bonds is 13. The fourth-order valence-electron chi connectivity index (χ4n) is 6.28. The summed E-state index contributed by atoms with van der Waals surface area (Å²) in [5.41, 5.74) is 3.34. The number of carbonyl (C=O) groups is 1. The molecular formula is C33H41F3N2O5S. The molecule has 0 radical (unpaired) electrons. The number of benzene rings is 2. The summed E-state index contributed by atoms with van der Waals surface area (Å²) in [6, 6.07) is 11.1. The van der Waals surface area contributed by atoms with E-state index in [0.29, 0.717) is 23.1 Å². The van der Waals surface area contributed by atoms with Gasteiger partial charge in [0, 0.05) is 32.1 Å². The molecule has 4 rings (SSSR count). The summed E-state index contributed by atoms with van der Waals surface area (Å²) in [5.74, 6) is -0.527. The number of fused-ring (bicyclic) bond motifs is 1. The monoisotopic (exact) mass is 634 g/mol. The topological polar surface area (TPSA) is 107 Å². The van der Waals surface area contributed by atoms with Crippen LogP contribution in [0.5, 0.6) is 0 Å². The zero-order chi connectivity index (χ0) is 32.4. The van der Waals surface area contributed by atoms with Crippen LogP contribution in [0.3, 0.4) is 0 Å². The predicted octanol–water partition coefficient (Wildman–Crippen LogP) is 5.83. The van der Waals surface area contributed by atoms with Crippen LogP contribution in [0, 0.1) is 5.92 Å². The Morgan fingerprint density at radius 3 is 2.34 bits per heavy atom. The molecule has 1 atom stereocenters. The Bertz CT molecular complexity index is 1540. The molecule has 2 aromatic rings. The number of alkyl halides is 3. The molecular weight excluding hydrogens is 593 g/mol. The Kier molecular flexibility index (Phi) is 10.1. The molecule has 0 aliphatic heterocycles. The first-order chi connectivity index (χ1) is 20.4. The molecule has 2 aliphatic carbocycles. The Morgan fingerprint density at radius 2 is 1.75 bits per heavy atom. The highest BCUT2D eigenvalue weighted by molar-refractivity contribution is 7.89. The lowest BCUT2D eigenvalue weighted by molar-refractivity contribution is -0.138. The summed E-state index contributed by atoms with van der Waals surface area (Å²) in [7, 11) is -3.16. The number of β-amino-alcohol motifs (C(OH)–C–C–N with tert-alkyl or cyclic N) is 1. The number of aliphatic carboxylic acids is 1. The predicted molar refractivity (Wildman–Crippen MR) is 163 cm³/mol. The van der Waals surface area contributed by atoms with Crippen LogP contribution in [0.1, 0.15) is 68.7 Å². The van der Waals surface area contributed by atoms with Crippen molar-refractivity contribution in [2.45, 2.75) is 82.0 Å². The fraction of sp³-hybridized carbons (Fsp3) is 0.485. The van der Waals surface area contributed by atoms with Crippen LogP contribution in [-0.2, 0) is 33.8 Å². The van der Waals surface area contributed by atoms with E-state index in [0.717, 1.165) is 35.2 Å². The van der Waals surface area contributed by atoms with Gasteiger partial charge in [-0.3, -0.25) is 4.79 Å². The van der Waals surface area contributed by atoms with Crippen molar-refractivity contribution in [3.63, 3.8) is 0 Å². The van der Waals surface area contributed by atoms with Crippen LogP contribution in [0.25, 0.3) is 5.57 Å². The van der Waals surface area contributed by atoms with E-state index in [2.05, 4.69) is 17.4 Å². The second-order valence-corrected chi connectivity index (χ2v) is 14.8. The van der Waals surface area contributed by atoms with Gasteiger partial charge in [0.1, 0.15) is 0 Å². The SMILES string of the molecule is CC1=C(c2cc(C(F)(F)F)cc(S(=O)(=O)N(C)C[C@@H](O)CNC(C)(C)CC3Cc4ccccc4C3)c2)CC(CCC(=O)O)=C1. The molecule has 240 valence electrons. The highest BCUT2D eigenvalue weighted by Gasteiger charge is 2.35. The number of allylic oxidation sites excluding steroid dienone is 4. The van der Waals surface area contributed by atoms with Crippen LogP contribution >= 0.6 is 0 Å². The lowest BCUT2D eigenvalue weighted by atomic mass is 9.88. The van der Waals surface area contributed by atoms with Crippen molar-refractivity contribution in [2.24, 2.45) is 5.92 Å². The Labute approximate surface area is 257 Å². The van der Waals surface area contributed by atoms with E-state index in [1.807, 2.05) is 26.0 Å². The highest BCUT2D eigenvalue weighted by atomic mass is 32.2. The zero-order valence-electron chi connectivity index (χ0n) is 25.5. The van der Waals surface area contributed by atoms with Crippen LogP contribution in [0.2, 0.25) is 0 Å². The van der Waals surface area contributed by atoms with Crippen molar-refractivity contribution in [3.05, 3.63) is 81.9 Å². The van der Waals surface area contributed by atoms with Crippen LogP contribution in [-0.4, -0.2) is 60.7 Å². The molecule has 0 spiro atoms. The molecule has 0 amide bonds. The number of carboxylic acid groups (broad SMARTS) is 1. The van der Waals surface area contributed by atoms with Crippen molar-refractivity contribution in [2.75, 3.05) is 20.1 Å². The lowest BCUT2D eigenvalue weighted by Crippen LogP contribution is -2.47.